The van der Waals surface area contributed by atoms with E-state index in [-0.39, 0.29) is 5.92 Å². The van der Waals surface area contributed by atoms with Crippen molar-refractivity contribution < 1.29 is 4.74 Å². The van der Waals surface area contributed by atoms with Gasteiger partial charge in [-0.2, -0.15) is 5.26 Å². The Labute approximate surface area is 86.2 Å². The molecule has 2 rings (SSSR count). The molecule has 2 fully saturated rings. The molecular formula is C12H19NO. The minimum atomic E-state index is 0.270. The quantitative estimate of drug-likeness (QED) is 0.641. The van der Waals surface area contributed by atoms with Gasteiger partial charge in [0.1, 0.15) is 0 Å². The Morgan fingerprint density at radius 3 is 2.50 bits per heavy atom. The number of rotatable bonds is 1. The first-order valence-corrected chi connectivity index (χ1v) is 5.93. The van der Waals surface area contributed by atoms with Crippen LogP contribution in [0.4, 0.5) is 0 Å². The summed E-state index contributed by atoms with van der Waals surface area (Å²) < 4.78 is 5.80. The van der Waals surface area contributed by atoms with Crippen molar-refractivity contribution in [3.05, 3.63) is 0 Å². The van der Waals surface area contributed by atoms with Crippen molar-refractivity contribution in [1.82, 2.24) is 0 Å². The summed E-state index contributed by atoms with van der Waals surface area (Å²) in [6.45, 7) is 0.916. The highest BCUT2D eigenvalue weighted by Gasteiger charge is 2.33. The number of hydrogen-bond acceptors (Lipinski definition) is 2. The minimum absolute atomic E-state index is 0.270. The monoisotopic (exact) mass is 193 g/mol. The van der Waals surface area contributed by atoms with Crippen molar-refractivity contribution >= 4 is 0 Å². The van der Waals surface area contributed by atoms with Crippen molar-refractivity contribution in [2.24, 2.45) is 11.8 Å². The molecule has 1 saturated carbocycles. The Hall–Kier alpha value is -0.550. The number of ether oxygens (including phenoxy) is 1. The van der Waals surface area contributed by atoms with Crippen LogP contribution in [0.25, 0.3) is 0 Å². The summed E-state index contributed by atoms with van der Waals surface area (Å²) in [5.41, 5.74) is 0. The van der Waals surface area contributed by atoms with Crippen molar-refractivity contribution in [1.29, 1.82) is 5.26 Å². The number of nitrogens with zero attached hydrogens (tertiary/aromatic N) is 1. The summed E-state index contributed by atoms with van der Waals surface area (Å²) >= 11 is 0. The largest absolute Gasteiger partial charge is 0.378 e. The van der Waals surface area contributed by atoms with Crippen LogP contribution >= 0.6 is 0 Å². The number of hydrogen-bond donors (Lipinski definition) is 0. The van der Waals surface area contributed by atoms with E-state index in [0.717, 1.165) is 13.0 Å². The van der Waals surface area contributed by atoms with Gasteiger partial charge in [-0.05, 0) is 32.1 Å². The molecule has 1 aliphatic carbocycles. The molecule has 1 aliphatic heterocycles. The minimum Gasteiger partial charge on any atom is -0.378 e. The maximum atomic E-state index is 9.09. The second-order valence-electron chi connectivity index (χ2n) is 4.59. The molecule has 14 heavy (non-hydrogen) atoms. The third-order valence-electron chi connectivity index (χ3n) is 3.68. The van der Waals surface area contributed by atoms with Crippen LogP contribution in [0.2, 0.25) is 0 Å². The first-order chi connectivity index (χ1) is 6.92. The second kappa shape index (κ2) is 4.79. The first-order valence-electron chi connectivity index (χ1n) is 5.93. The molecule has 1 heterocycles. The van der Waals surface area contributed by atoms with Gasteiger partial charge >= 0.3 is 0 Å². The van der Waals surface area contributed by atoms with Gasteiger partial charge in [0, 0.05) is 12.5 Å². The zero-order chi connectivity index (χ0) is 9.80. The van der Waals surface area contributed by atoms with Crippen LogP contribution in [0.5, 0.6) is 0 Å². The molecule has 0 spiro atoms. The average molecular weight is 193 g/mol. The summed E-state index contributed by atoms with van der Waals surface area (Å²) in [5, 5.41) is 9.09. The topological polar surface area (TPSA) is 33.0 Å². The highest BCUT2D eigenvalue weighted by atomic mass is 16.5. The lowest BCUT2D eigenvalue weighted by molar-refractivity contribution is -0.0403. The van der Waals surface area contributed by atoms with Crippen LogP contribution < -0.4 is 0 Å². The van der Waals surface area contributed by atoms with E-state index in [4.69, 9.17) is 10.00 Å². The average Bonchev–Trinajstić information content (AvgIpc) is 2.30. The van der Waals surface area contributed by atoms with Gasteiger partial charge in [-0.15, -0.1) is 0 Å². The van der Waals surface area contributed by atoms with Crippen molar-refractivity contribution in [3.8, 4) is 6.07 Å². The molecule has 0 radical (unpaired) electrons. The maximum absolute atomic E-state index is 9.09. The van der Waals surface area contributed by atoms with Gasteiger partial charge < -0.3 is 4.74 Å². The molecule has 1 saturated heterocycles. The molecule has 78 valence electrons. The van der Waals surface area contributed by atoms with Gasteiger partial charge in [0.05, 0.1) is 18.1 Å². The zero-order valence-electron chi connectivity index (χ0n) is 8.74. The zero-order valence-corrected chi connectivity index (χ0v) is 8.74. The van der Waals surface area contributed by atoms with E-state index in [9.17, 15) is 0 Å². The second-order valence-corrected chi connectivity index (χ2v) is 4.59. The van der Waals surface area contributed by atoms with Crippen LogP contribution in [-0.2, 0) is 4.74 Å². The third-order valence-corrected chi connectivity index (χ3v) is 3.68. The van der Waals surface area contributed by atoms with Crippen LogP contribution in [-0.4, -0.2) is 12.7 Å². The molecule has 0 aromatic heterocycles. The van der Waals surface area contributed by atoms with Crippen LogP contribution in [0.1, 0.15) is 44.9 Å². The van der Waals surface area contributed by atoms with E-state index >= 15 is 0 Å². The summed E-state index contributed by atoms with van der Waals surface area (Å²) in [6.07, 6.45) is 8.92. The number of nitriles is 1. The predicted molar refractivity (Wildman–Crippen MR) is 54.7 cm³/mol. The van der Waals surface area contributed by atoms with E-state index in [1.165, 1.54) is 38.5 Å². The lowest BCUT2D eigenvalue weighted by Crippen LogP contribution is -2.34. The van der Waals surface area contributed by atoms with E-state index in [1.807, 2.05) is 0 Å². The molecule has 0 bridgehead atoms. The van der Waals surface area contributed by atoms with Gasteiger partial charge in [0.2, 0.25) is 0 Å². The van der Waals surface area contributed by atoms with Gasteiger partial charge in [0.25, 0.3) is 0 Å². The Morgan fingerprint density at radius 2 is 1.79 bits per heavy atom. The highest BCUT2D eigenvalue weighted by Crippen LogP contribution is 2.36. The SMILES string of the molecule is N#CC1CCCCC1C1CCCCO1. The Morgan fingerprint density at radius 1 is 1.00 bits per heavy atom. The van der Waals surface area contributed by atoms with Crippen LogP contribution in [0.3, 0.4) is 0 Å². The standard InChI is InChI=1S/C12H19NO/c13-9-10-5-1-2-6-11(10)12-7-3-4-8-14-12/h10-12H,1-8H2. The van der Waals surface area contributed by atoms with Crippen LogP contribution in [0.15, 0.2) is 0 Å². The summed E-state index contributed by atoms with van der Waals surface area (Å²) in [4.78, 5) is 0. The normalized spacial score (nSPS) is 38.9. The van der Waals surface area contributed by atoms with Gasteiger partial charge in [-0.25, -0.2) is 0 Å². The Balaban J connectivity index is 1.95. The molecule has 2 aliphatic rings. The van der Waals surface area contributed by atoms with Crippen LogP contribution in [0, 0.1) is 23.2 Å². The van der Waals surface area contributed by atoms with Crippen molar-refractivity contribution in [3.63, 3.8) is 0 Å². The van der Waals surface area contributed by atoms with E-state index in [2.05, 4.69) is 6.07 Å². The lowest BCUT2D eigenvalue weighted by Gasteiger charge is -2.35. The maximum Gasteiger partial charge on any atom is 0.0659 e. The molecule has 0 aromatic rings. The molecular weight excluding hydrogens is 174 g/mol. The molecule has 3 unspecified atom stereocenters. The molecule has 3 atom stereocenters. The molecule has 0 aromatic carbocycles. The summed E-state index contributed by atoms with van der Waals surface area (Å²) in [7, 11) is 0. The smallest absolute Gasteiger partial charge is 0.0659 e. The Kier molecular flexibility index (Phi) is 3.42. The summed E-state index contributed by atoms with van der Waals surface area (Å²) in [5.74, 6) is 0.806. The molecule has 2 nitrogen and oxygen atoms in total. The highest BCUT2D eigenvalue weighted by molar-refractivity contribution is 4.94. The molecule has 2 heteroatoms. The van der Waals surface area contributed by atoms with Gasteiger partial charge in [0.15, 0.2) is 0 Å². The van der Waals surface area contributed by atoms with Gasteiger partial charge in [-0.3, -0.25) is 0 Å². The van der Waals surface area contributed by atoms with E-state index in [1.54, 1.807) is 0 Å². The van der Waals surface area contributed by atoms with Crippen molar-refractivity contribution in [2.45, 2.75) is 51.0 Å². The van der Waals surface area contributed by atoms with Crippen molar-refractivity contribution in [2.75, 3.05) is 6.61 Å². The van der Waals surface area contributed by atoms with E-state index in [0.29, 0.717) is 12.0 Å². The fourth-order valence-electron chi connectivity index (χ4n) is 2.87. The first kappa shape index (κ1) is 9.98. The lowest BCUT2D eigenvalue weighted by atomic mass is 9.75. The molecule has 0 amide bonds. The predicted octanol–water partition coefficient (Wildman–Crippen LogP) is 2.89. The fraction of sp³-hybridized carbons (Fsp3) is 0.917. The fourth-order valence-corrected chi connectivity index (χ4v) is 2.87. The molecule has 0 N–H and O–H groups in total. The van der Waals surface area contributed by atoms with Gasteiger partial charge in [-0.1, -0.05) is 12.8 Å². The summed E-state index contributed by atoms with van der Waals surface area (Å²) in [6, 6.07) is 2.47. The van der Waals surface area contributed by atoms with E-state index < -0.39 is 0 Å². The third kappa shape index (κ3) is 2.09. The Bertz CT molecular complexity index is 215.